The molecule has 6 heteroatoms. The first-order chi connectivity index (χ1) is 9.90. The zero-order valence-corrected chi connectivity index (χ0v) is 12.4. The molecular formula is C15H17ClF3NO. The van der Waals surface area contributed by atoms with Gasteiger partial charge in [-0.15, -0.1) is 0 Å². The molecule has 1 aromatic carbocycles. The van der Waals surface area contributed by atoms with E-state index in [1.807, 2.05) is 13.0 Å². The predicted molar refractivity (Wildman–Crippen MR) is 77.5 cm³/mol. The fourth-order valence-corrected chi connectivity index (χ4v) is 2.41. The van der Waals surface area contributed by atoms with Crippen LogP contribution < -0.4 is 5.32 Å². The Balaban J connectivity index is 2.23. The van der Waals surface area contributed by atoms with Gasteiger partial charge in [0.25, 0.3) is 0 Å². The maximum atomic E-state index is 12.4. The molecule has 2 aromatic rings. The number of furan rings is 1. The van der Waals surface area contributed by atoms with Gasteiger partial charge in [0.2, 0.25) is 0 Å². The summed E-state index contributed by atoms with van der Waals surface area (Å²) in [6, 6.07) is 6.60. The second kappa shape index (κ2) is 6.71. The van der Waals surface area contributed by atoms with Gasteiger partial charge in [0.05, 0.1) is 11.1 Å². The number of fused-ring (bicyclic) bond motifs is 1. The van der Waals surface area contributed by atoms with Crippen molar-refractivity contribution < 1.29 is 17.6 Å². The number of hydrogen-bond donors (Lipinski definition) is 1. The van der Waals surface area contributed by atoms with E-state index < -0.39 is 18.6 Å². The van der Waals surface area contributed by atoms with Crippen molar-refractivity contribution in [1.29, 1.82) is 0 Å². The molecule has 0 radical (unpaired) electrons. The van der Waals surface area contributed by atoms with E-state index in [2.05, 4.69) is 5.32 Å². The molecule has 1 aromatic heterocycles. The summed E-state index contributed by atoms with van der Waals surface area (Å²) in [5.41, 5.74) is 0.518. The first-order valence-corrected chi connectivity index (χ1v) is 7.26. The summed E-state index contributed by atoms with van der Waals surface area (Å²) in [6.07, 6.45) is -4.24. The summed E-state index contributed by atoms with van der Waals surface area (Å²) in [5.74, 6) is 0.496. The third kappa shape index (κ3) is 4.38. The van der Waals surface area contributed by atoms with Gasteiger partial charge in [-0.2, -0.15) is 13.2 Å². The van der Waals surface area contributed by atoms with Crippen LogP contribution in [-0.2, 0) is 0 Å². The summed E-state index contributed by atoms with van der Waals surface area (Å²) in [5, 5.41) is 4.36. The monoisotopic (exact) mass is 319 g/mol. The molecule has 1 N–H and O–H groups in total. The third-order valence-electron chi connectivity index (χ3n) is 3.22. The lowest BCUT2D eigenvalue weighted by atomic mass is 10.1. The molecule has 0 fully saturated rings. The number of halogens is 4. The number of hydrogen-bond acceptors (Lipinski definition) is 2. The molecular weight excluding hydrogens is 303 g/mol. The van der Waals surface area contributed by atoms with Crippen molar-refractivity contribution in [2.45, 2.75) is 38.4 Å². The van der Waals surface area contributed by atoms with E-state index in [-0.39, 0.29) is 6.42 Å². The van der Waals surface area contributed by atoms with E-state index in [0.29, 0.717) is 22.9 Å². The SMILES string of the molecule is CCCNC(CCC(F)(F)F)c1cc2cccc(Cl)c2o1. The Morgan fingerprint density at radius 3 is 2.71 bits per heavy atom. The lowest BCUT2D eigenvalue weighted by Gasteiger charge is -2.17. The Kier molecular flexibility index (Phi) is 5.17. The van der Waals surface area contributed by atoms with Crippen LogP contribution >= 0.6 is 11.6 Å². The van der Waals surface area contributed by atoms with Crippen LogP contribution in [0.3, 0.4) is 0 Å². The predicted octanol–water partition coefficient (Wildman–Crippen LogP) is 5.47. The minimum atomic E-state index is -4.17. The van der Waals surface area contributed by atoms with Gasteiger partial charge in [0.1, 0.15) is 5.76 Å². The maximum absolute atomic E-state index is 12.4. The van der Waals surface area contributed by atoms with Crippen LogP contribution in [0.15, 0.2) is 28.7 Å². The highest BCUT2D eigenvalue weighted by atomic mass is 35.5. The Labute approximate surface area is 126 Å². The van der Waals surface area contributed by atoms with Crippen molar-refractivity contribution in [3.05, 3.63) is 35.0 Å². The highest BCUT2D eigenvalue weighted by Crippen LogP contribution is 2.33. The zero-order chi connectivity index (χ0) is 15.5. The molecule has 1 atom stereocenters. The highest BCUT2D eigenvalue weighted by molar-refractivity contribution is 6.34. The van der Waals surface area contributed by atoms with Gasteiger partial charge >= 0.3 is 6.18 Å². The van der Waals surface area contributed by atoms with E-state index in [4.69, 9.17) is 16.0 Å². The van der Waals surface area contributed by atoms with Crippen LogP contribution in [0.2, 0.25) is 5.02 Å². The fourth-order valence-electron chi connectivity index (χ4n) is 2.19. The molecule has 0 spiro atoms. The molecule has 0 saturated heterocycles. The molecule has 21 heavy (non-hydrogen) atoms. The van der Waals surface area contributed by atoms with E-state index in [0.717, 1.165) is 11.8 Å². The Morgan fingerprint density at radius 2 is 2.10 bits per heavy atom. The van der Waals surface area contributed by atoms with Gasteiger partial charge in [0, 0.05) is 11.8 Å². The molecule has 0 bridgehead atoms. The Bertz CT molecular complexity index is 594. The number of benzene rings is 1. The van der Waals surface area contributed by atoms with Crippen molar-refractivity contribution in [2.24, 2.45) is 0 Å². The molecule has 0 amide bonds. The average Bonchev–Trinajstić information content (AvgIpc) is 2.83. The van der Waals surface area contributed by atoms with Crippen LogP contribution in [0.25, 0.3) is 11.0 Å². The minimum absolute atomic E-state index is 0.0546. The van der Waals surface area contributed by atoms with Gasteiger partial charge in [-0.3, -0.25) is 0 Å². The Morgan fingerprint density at radius 1 is 1.33 bits per heavy atom. The summed E-state index contributed by atoms with van der Waals surface area (Å²) < 4.78 is 43.0. The van der Waals surface area contributed by atoms with Gasteiger partial charge in [-0.05, 0) is 31.5 Å². The highest BCUT2D eigenvalue weighted by Gasteiger charge is 2.29. The van der Waals surface area contributed by atoms with Gasteiger partial charge in [-0.25, -0.2) is 0 Å². The first-order valence-electron chi connectivity index (χ1n) is 6.89. The second-order valence-electron chi connectivity index (χ2n) is 4.97. The third-order valence-corrected chi connectivity index (χ3v) is 3.51. The second-order valence-corrected chi connectivity index (χ2v) is 5.37. The van der Waals surface area contributed by atoms with E-state index >= 15 is 0 Å². The quantitative estimate of drug-likeness (QED) is 0.763. The fraction of sp³-hybridized carbons (Fsp3) is 0.467. The molecule has 1 unspecified atom stereocenters. The number of rotatable bonds is 6. The smallest absolute Gasteiger partial charge is 0.389 e. The number of nitrogens with one attached hydrogen (secondary N) is 1. The molecule has 0 aliphatic carbocycles. The summed E-state index contributed by atoms with van der Waals surface area (Å²) in [6.45, 7) is 2.59. The van der Waals surface area contributed by atoms with Crippen molar-refractivity contribution in [3.8, 4) is 0 Å². The number of para-hydroxylation sites is 1. The van der Waals surface area contributed by atoms with Crippen molar-refractivity contribution in [2.75, 3.05) is 6.54 Å². The van der Waals surface area contributed by atoms with E-state index in [9.17, 15) is 13.2 Å². The standard InChI is InChI=1S/C15H17ClF3NO/c1-2-8-20-12(6-7-15(17,18)19)13-9-10-4-3-5-11(16)14(10)21-13/h3-5,9,12,20H,2,6-8H2,1H3. The lowest BCUT2D eigenvalue weighted by Crippen LogP contribution is -2.23. The average molecular weight is 320 g/mol. The van der Waals surface area contributed by atoms with Crippen molar-refractivity contribution >= 4 is 22.6 Å². The maximum Gasteiger partial charge on any atom is 0.389 e. The summed E-state index contributed by atoms with van der Waals surface area (Å²) >= 11 is 6.03. The van der Waals surface area contributed by atoms with Crippen LogP contribution in [0.5, 0.6) is 0 Å². The molecule has 2 nitrogen and oxygen atoms in total. The molecule has 0 aliphatic heterocycles. The van der Waals surface area contributed by atoms with Crippen LogP contribution in [-0.4, -0.2) is 12.7 Å². The van der Waals surface area contributed by atoms with Crippen molar-refractivity contribution in [1.82, 2.24) is 5.32 Å². The lowest BCUT2D eigenvalue weighted by molar-refractivity contribution is -0.136. The number of alkyl halides is 3. The van der Waals surface area contributed by atoms with E-state index in [1.165, 1.54) is 0 Å². The van der Waals surface area contributed by atoms with Gasteiger partial charge < -0.3 is 9.73 Å². The summed E-state index contributed by atoms with van der Waals surface area (Å²) in [4.78, 5) is 0. The van der Waals surface area contributed by atoms with Crippen molar-refractivity contribution in [3.63, 3.8) is 0 Å². The normalized spacial score (nSPS) is 13.8. The van der Waals surface area contributed by atoms with E-state index in [1.54, 1.807) is 18.2 Å². The van der Waals surface area contributed by atoms with Gasteiger partial charge in [-0.1, -0.05) is 30.7 Å². The molecule has 0 saturated carbocycles. The molecule has 0 aliphatic rings. The summed E-state index contributed by atoms with van der Waals surface area (Å²) in [7, 11) is 0. The van der Waals surface area contributed by atoms with Crippen LogP contribution in [0.4, 0.5) is 13.2 Å². The molecule has 2 rings (SSSR count). The van der Waals surface area contributed by atoms with Gasteiger partial charge in [0.15, 0.2) is 5.58 Å². The minimum Gasteiger partial charge on any atom is -0.458 e. The Hall–Kier alpha value is -1.20. The topological polar surface area (TPSA) is 25.2 Å². The first kappa shape index (κ1) is 16.2. The van der Waals surface area contributed by atoms with Crippen LogP contribution in [0, 0.1) is 0 Å². The van der Waals surface area contributed by atoms with Crippen LogP contribution in [0.1, 0.15) is 38.0 Å². The largest absolute Gasteiger partial charge is 0.458 e. The molecule has 1 heterocycles. The molecule has 116 valence electrons. The zero-order valence-electron chi connectivity index (χ0n) is 11.6.